The van der Waals surface area contributed by atoms with Gasteiger partial charge in [-0.3, -0.25) is 9.52 Å². The summed E-state index contributed by atoms with van der Waals surface area (Å²) in [6.07, 6.45) is -0.0835. The molecule has 23 heavy (non-hydrogen) atoms. The monoisotopic (exact) mass is 342 g/mol. The molecule has 0 aliphatic carbocycles. The Balaban J connectivity index is 2.31. The lowest BCUT2D eigenvalue weighted by Crippen LogP contribution is -2.48. The number of rotatable bonds is 4. The van der Waals surface area contributed by atoms with Crippen LogP contribution in [0.1, 0.15) is 15.9 Å². The van der Waals surface area contributed by atoms with E-state index in [1.165, 1.54) is 11.0 Å². The van der Waals surface area contributed by atoms with Crippen LogP contribution in [0.25, 0.3) is 0 Å². The van der Waals surface area contributed by atoms with Gasteiger partial charge in [-0.05, 0) is 19.1 Å². The van der Waals surface area contributed by atoms with E-state index in [2.05, 4.69) is 4.72 Å². The van der Waals surface area contributed by atoms with Crippen LogP contribution in [0.15, 0.2) is 18.2 Å². The van der Waals surface area contributed by atoms with Crippen LogP contribution in [0.4, 0.5) is 5.69 Å². The van der Waals surface area contributed by atoms with Crippen molar-refractivity contribution >= 4 is 27.6 Å². The van der Waals surface area contributed by atoms with E-state index in [0.29, 0.717) is 0 Å². The number of hydrogen-bond acceptors (Lipinski definition) is 5. The number of aliphatic carboxylic acids is 1. The lowest BCUT2D eigenvalue weighted by molar-refractivity contribution is -0.154. The molecule has 0 bridgehead atoms. The fraction of sp³-hybridized carbons (Fsp3) is 0.429. The summed E-state index contributed by atoms with van der Waals surface area (Å²) in [4.78, 5) is 25.0. The van der Waals surface area contributed by atoms with Crippen LogP contribution < -0.4 is 4.72 Å². The van der Waals surface area contributed by atoms with Crippen molar-refractivity contribution < 1.29 is 27.9 Å². The third-order valence-corrected chi connectivity index (χ3v) is 3.92. The van der Waals surface area contributed by atoms with Crippen LogP contribution >= 0.6 is 0 Å². The van der Waals surface area contributed by atoms with E-state index in [9.17, 15) is 18.0 Å². The van der Waals surface area contributed by atoms with Crippen molar-refractivity contribution in [3.8, 4) is 0 Å². The van der Waals surface area contributed by atoms with Crippen molar-refractivity contribution in [1.29, 1.82) is 0 Å². The predicted octanol–water partition coefficient (Wildman–Crippen LogP) is 0.292. The van der Waals surface area contributed by atoms with Gasteiger partial charge in [0, 0.05) is 6.54 Å². The lowest BCUT2D eigenvalue weighted by atomic mass is 10.1. The molecule has 1 heterocycles. The fourth-order valence-corrected chi connectivity index (χ4v) is 2.85. The van der Waals surface area contributed by atoms with Gasteiger partial charge in [-0.1, -0.05) is 11.6 Å². The minimum absolute atomic E-state index is 0.0829. The molecule has 2 N–H and O–H groups in total. The van der Waals surface area contributed by atoms with Gasteiger partial charge >= 0.3 is 5.97 Å². The Bertz CT molecular complexity index is 731. The second kappa shape index (κ2) is 6.55. The maximum atomic E-state index is 12.7. The topological polar surface area (TPSA) is 113 Å². The summed E-state index contributed by atoms with van der Waals surface area (Å²) in [6.45, 7) is 2.05. The first-order valence-corrected chi connectivity index (χ1v) is 8.78. The van der Waals surface area contributed by atoms with Gasteiger partial charge in [0.2, 0.25) is 10.0 Å². The summed E-state index contributed by atoms with van der Waals surface area (Å²) < 4.78 is 30.3. The van der Waals surface area contributed by atoms with Crippen molar-refractivity contribution in [2.45, 2.75) is 13.0 Å². The zero-order valence-corrected chi connectivity index (χ0v) is 13.6. The Morgan fingerprint density at radius 1 is 1.39 bits per heavy atom. The zero-order valence-electron chi connectivity index (χ0n) is 12.8. The van der Waals surface area contributed by atoms with E-state index in [4.69, 9.17) is 9.84 Å². The number of benzene rings is 1. The molecule has 0 radical (unpaired) electrons. The highest BCUT2D eigenvalue weighted by atomic mass is 32.2. The number of sulfonamides is 1. The van der Waals surface area contributed by atoms with Crippen LogP contribution in [0.3, 0.4) is 0 Å². The molecule has 0 saturated carbocycles. The zero-order chi connectivity index (χ0) is 17.2. The first-order valence-electron chi connectivity index (χ1n) is 6.89. The lowest BCUT2D eigenvalue weighted by Gasteiger charge is -2.31. The second-order valence-corrected chi connectivity index (χ2v) is 7.12. The van der Waals surface area contributed by atoms with Gasteiger partial charge < -0.3 is 14.7 Å². The summed E-state index contributed by atoms with van der Waals surface area (Å²) in [7, 11) is -3.54. The van der Waals surface area contributed by atoms with Gasteiger partial charge in [0.05, 0.1) is 30.7 Å². The number of nitrogens with zero attached hydrogens (tertiary/aromatic N) is 1. The highest BCUT2D eigenvalue weighted by Crippen LogP contribution is 2.21. The van der Waals surface area contributed by atoms with Crippen molar-refractivity contribution in [3.05, 3.63) is 29.3 Å². The number of amides is 1. The molecule has 0 aromatic heterocycles. The van der Waals surface area contributed by atoms with Crippen molar-refractivity contribution in [3.63, 3.8) is 0 Å². The molecule has 1 amide bonds. The highest BCUT2D eigenvalue weighted by Gasteiger charge is 2.30. The number of nitrogens with one attached hydrogen (secondary N) is 1. The number of carbonyl (C=O) groups is 2. The van der Waals surface area contributed by atoms with Crippen LogP contribution in [-0.2, 0) is 19.6 Å². The summed E-state index contributed by atoms with van der Waals surface area (Å²) in [5.74, 6) is -1.57. The molecule has 1 atom stereocenters. The first-order chi connectivity index (χ1) is 10.7. The Hall–Kier alpha value is -2.13. The third kappa shape index (κ3) is 4.42. The average molecular weight is 342 g/mol. The summed E-state index contributed by atoms with van der Waals surface area (Å²) in [5, 5.41) is 9.01. The number of ether oxygens (including phenoxy) is 1. The molecule has 1 aliphatic heterocycles. The summed E-state index contributed by atoms with van der Waals surface area (Å²) in [5.41, 5.74) is 1.14. The molecular formula is C14H18N2O6S. The van der Waals surface area contributed by atoms with E-state index >= 15 is 0 Å². The predicted molar refractivity (Wildman–Crippen MR) is 82.9 cm³/mol. The molecule has 1 saturated heterocycles. The fourth-order valence-electron chi connectivity index (χ4n) is 2.28. The van der Waals surface area contributed by atoms with Gasteiger partial charge in [-0.25, -0.2) is 13.2 Å². The maximum Gasteiger partial charge on any atom is 0.334 e. The number of anilines is 1. The maximum absolute atomic E-state index is 12.7. The SMILES string of the molecule is Cc1ccc(NS(C)(=O)=O)c(C(=O)N2CCOC(C(=O)O)C2)c1. The standard InChI is InChI=1S/C14H18N2O6S/c1-9-3-4-11(15-23(2,20)21)10(7-9)13(17)16-5-6-22-12(8-16)14(18)19/h3-4,7,12,15H,5-6,8H2,1-2H3,(H,18,19). The van der Waals surface area contributed by atoms with E-state index in [1.54, 1.807) is 19.1 Å². The summed E-state index contributed by atoms with van der Waals surface area (Å²) in [6, 6.07) is 4.77. The third-order valence-electron chi connectivity index (χ3n) is 3.33. The van der Waals surface area contributed by atoms with Gasteiger partial charge in [0.1, 0.15) is 0 Å². The smallest absolute Gasteiger partial charge is 0.334 e. The number of carbonyl (C=O) groups excluding carboxylic acids is 1. The highest BCUT2D eigenvalue weighted by molar-refractivity contribution is 7.92. The number of aryl methyl sites for hydroxylation is 1. The molecule has 1 unspecified atom stereocenters. The number of morpholine rings is 1. The Labute approximate surface area is 134 Å². The van der Waals surface area contributed by atoms with Crippen molar-refractivity contribution in [2.24, 2.45) is 0 Å². The van der Waals surface area contributed by atoms with E-state index in [0.717, 1.165) is 11.8 Å². The van der Waals surface area contributed by atoms with Crippen molar-refractivity contribution in [2.75, 3.05) is 30.7 Å². The van der Waals surface area contributed by atoms with Crippen LogP contribution in [0, 0.1) is 6.92 Å². The molecule has 1 fully saturated rings. The molecule has 1 aliphatic rings. The Kier molecular flexibility index (Phi) is 4.90. The number of carboxylic acids is 1. The van der Waals surface area contributed by atoms with Crippen LogP contribution in [0.5, 0.6) is 0 Å². The van der Waals surface area contributed by atoms with Gasteiger partial charge in [-0.15, -0.1) is 0 Å². The number of carboxylic acid groups (broad SMARTS) is 1. The first kappa shape index (κ1) is 17.2. The van der Waals surface area contributed by atoms with Crippen LogP contribution in [-0.4, -0.2) is 62.4 Å². The van der Waals surface area contributed by atoms with E-state index in [-0.39, 0.29) is 30.9 Å². The summed E-state index contributed by atoms with van der Waals surface area (Å²) >= 11 is 0. The van der Waals surface area contributed by atoms with Gasteiger partial charge in [-0.2, -0.15) is 0 Å². The van der Waals surface area contributed by atoms with Gasteiger partial charge in [0.25, 0.3) is 5.91 Å². The molecule has 126 valence electrons. The quantitative estimate of drug-likeness (QED) is 0.813. The van der Waals surface area contributed by atoms with E-state index < -0.39 is 28.0 Å². The van der Waals surface area contributed by atoms with Crippen LogP contribution in [0.2, 0.25) is 0 Å². The molecular weight excluding hydrogens is 324 g/mol. The normalized spacial score (nSPS) is 18.5. The molecule has 8 nitrogen and oxygen atoms in total. The molecule has 2 rings (SSSR count). The largest absolute Gasteiger partial charge is 0.479 e. The van der Waals surface area contributed by atoms with Crippen molar-refractivity contribution in [1.82, 2.24) is 4.90 Å². The molecule has 1 aromatic carbocycles. The minimum Gasteiger partial charge on any atom is -0.479 e. The average Bonchev–Trinajstić information content (AvgIpc) is 2.47. The molecule has 0 spiro atoms. The Morgan fingerprint density at radius 3 is 2.70 bits per heavy atom. The minimum atomic E-state index is -3.54. The van der Waals surface area contributed by atoms with Gasteiger partial charge in [0.15, 0.2) is 6.10 Å². The Morgan fingerprint density at radius 2 is 2.09 bits per heavy atom. The number of hydrogen-bond donors (Lipinski definition) is 2. The molecule has 1 aromatic rings. The molecule has 9 heteroatoms. The second-order valence-electron chi connectivity index (χ2n) is 5.37. The van der Waals surface area contributed by atoms with E-state index in [1.807, 2.05) is 0 Å².